The number of carbonyl (C=O) groups excluding carboxylic acids is 1. The van der Waals surface area contributed by atoms with Crippen molar-refractivity contribution >= 4 is 34.3 Å². The zero-order valence-electron chi connectivity index (χ0n) is 21.9. The van der Waals surface area contributed by atoms with Crippen LogP contribution in [0.1, 0.15) is 26.1 Å². The Labute approximate surface area is 219 Å². The molecule has 5 heterocycles. The smallest absolute Gasteiger partial charge is 0.300 e. The zero-order chi connectivity index (χ0) is 26.4. The van der Waals surface area contributed by atoms with Gasteiger partial charge in [0, 0.05) is 46.1 Å². The Morgan fingerprint density at radius 2 is 1.95 bits per heavy atom. The molecule has 1 N–H and O–H groups in total. The molecule has 200 valence electrons. The number of hydrogen-bond donors (Lipinski definition) is 1. The monoisotopic (exact) mass is 520 g/mol. The number of aryl methyl sites for hydroxylation is 2. The fourth-order valence-corrected chi connectivity index (χ4v) is 5.05. The number of rotatable bonds is 8. The molecule has 4 aromatic rings. The van der Waals surface area contributed by atoms with Gasteiger partial charge in [0.1, 0.15) is 11.4 Å². The number of carbonyl (C=O) groups is 1. The number of para-hydroxylation sites is 2. The molecule has 2 fully saturated rings. The standard InChI is InChI=1S/C26H32N8O4/c1-4-19-27-17-7-5-6-8-18(17)34(19)24-29-22-21(23(30-24)32-11-13-37-14-12-32)28-25(31(22)3)38-20-9-10-33(20)15-26(2,36)16-35/h5-8,16,20,36H,4,9-15H2,1-3H3. The summed E-state index contributed by atoms with van der Waals surface area (Å²) >= 11 is 0. The number of aromatic nitrogens is 6. The van der Waals surface area contributed by atoms with Crippen molar-refractivity contribution in [1.29, 1.82) is 0 Å². The van der Waals surface area contributed by atoms with Gasteiger partial charge < -0.3 is 24.3 Å². The largest absolute Gasteiger partial charge is 0.445 e. The molecule has 0 amide bonds. The number of β-amino-alcohol motifs (C(OH)–C–C–N with tert-alkyl or cyclic N) is 1. The highest BCUT2D eigenvalue weighted by Gasteiger charge is 2.36. The lowest BCUT2D eigenvalue weighted by molar-refractivity contribution is -0.134. The Balaban J connectivity index is 1.44. The molecule has 0 bridgehead atoms. The third kappa shape index (κ3) is 4.28. The second kappa shape index (κ2) is 9.61. The Hall–Kier alpha value is -3.61. The summed E-state index contributed by atoms with van der Waals surface area (Å²) in [5.74, 6) is 2.14. The van der Waals surface area contributed by atoms with Crippen LogP contribution < -0.4 is 9.64 Å². The molecule has 0 spiro atoms. The average Bonchev–Trinajstić information content (AvgIpc) is 3.47. The van der Waals surface area contributed by atoms with Crippen molar-refractivity contribution in [1.82, 2.24) is 34.0 Å². The molecule has 2 aliphatic heterocycles. The average molecular weight is 521 g/mol. The summed E-state index contributed by atoms with van der Waals surface area (Å²) in [7, 11) is 1.88. The van der Waals surface area contributed by atoms with E-state index in [9.17, 15) is 9.90 Å². The molecule has 1 aromatic carbocycles. The lowest BCUT2D eigenvalue weighted by Gasteiger charge is -2.42. The molecular weight excluding hydrogens is 488 g/mol. The number of hydrogen-bond acceptors (Lipinski definition) is 10. The van der Waals surface area contributed by atoms with Crippen LogP contribution in [-0.2, 0) is 23.0 Å². The number of anilines is 1. The second-order valence-electron chi connectivity index (χ2n) is 10.1. The quantitative estimate of drug-likeness (QED) is 0.342. The minimum absolute atomic E-state index is 0.196. The maximum Gasteiger partial charge on any atom is 0.300 e. The number of nitrogens with zero attached hydrogens (tertiary/aromatic N) is 8. The van der Waals surface area contributed by atoms with Gasteiger partial charge in [-0.15, -0.1) is 0 Å². The van der Waals surface area contributed by atoms with E-state index in [1.54, 1.807) is 0 Å². The van der Waals surface area contributed by atoms with Gasteiger partial charge >= 0.3 is 0 Å². The molecule has 0 aliphatic carbocycles. The minimum Gasteiger partial charge on any atom is -0.445 e. The molecule has 2 aliphatic rings. The molecule has 2 atom stereocenters. The van der Waals surface area contributed by atoms with Crippen molar-refractivity contribution < 1.29 is 19.4 Å². The fraction of sp³-hybridized carbons (Fsp3) is 0.500. The van der Waals surface area contributed by atoms with Gasteiger partial charge in [0.2, 0.25) is 5.95 Å². The number of aliphatic hydroxyl groups is 1. The summed E-state index contributed by atoms with van der Waals surface area (Å²) in [5.41, 5.74) is 1.72. The molecular formula is C26H32N8O4. The fourth-order valence-electron chi connectivity index (χ4n) is 5.05. The van der Waals surface area contributed by atoms with Crippen molar-refractivity contribution in [3.05, 3.63) is 30.1 Å². The van der Waals surface area contributed by atoms with Gasteiger partial charge in [-0.2, -0.15) is 15.0 Å². The molecule has 3 aromatic heterocycles. The van der Waals surface area contributed by atoms with Crippen LogP contribution in [-0.4, -0.2) is 96.6 Å². The normalized spacial score (nSPS) is 20.0. The first-order valence-corrected chi connectivity index (χ1v) is 13.0. The van der Waals surface area contributed by atoms with Crippen LogP contribution in [0.3, 0.4) is 0 Å². The lowest BCUT2D eigenvalue weighted by atomic mass is 10.1. The van der Waals surface area contributed by atoms with Gasteiger partial charge in [-0.1, -0.05) is 19.1 Å². The summed E-state index contributed by atoms with van der Waals surface area (Å²) in [6.07, 6.45) is 1.77. The van der Waals surface area contributed by atoms with Crippen LogP contribution in [0.2, 0.25) is 0 Å². The predicted octanol–water partition coefficient (Wildman–Crippen LogP) is 1.46. The van der Waals surface area contributed by atoms with E-state index in [0.29, 0.717) is 55.7 Å². The van der Waals surface area contributed by atoms with Gasteiger partial charge in [-0.3, -0.25) is 14.0 Å². The zero-order valence-corrected chi connectivity index (χ0v) is 21.9. The molecule has 38 heavy (non-hydrogen) atoms. The highest BCUT2D eigenvalue weighted by Crippen LogP contribution is 2.32. The van der Waals surface area contributed by atoms with Crippen LogP contribution in [0.25, 0.3) is 28.1 Å². The Morgan fingerprint density at radius 3 is 2.66 bits per heavy atom. The highest BCUT2D eigenvalue weighted by atomic mass is 16.5. The van der Waals surface area contributed by atoms with Crippen LogP contribution in [0.4, 0.5) is 5.82 Å². The number of imidazole rings is 2. The van der Waals surface area contributed by atoms with E-state index >= 15 is 0 Å². The van der Waals surface area contributed by atoms with E-state index in [4.69, 9.17) is 29.4 Å². The molecule has 12 heteroatoms. The summed E-state index contributed by atoms with van der Waals surface area (Å²) in [4.78, 5) is 35.0. The highest BCUT2D eigenvalue weighted by molar-refractivity contribution is 5.86. The van der Waals surface area contributed by atoms with Crippen molar-refractivity contribution in [2.24, 2.45) is 7.05 Å². The number of benzene rings is 1. The number of fused-ring (bicyclic) bond motifs is 2. The predicted molar refractivity (Wildman–Crippen MR) is 141 cm³/mol. The summed E-state index contributed by atoms with van der Waals surface area (Å²) in [6, 6.07) is 8.40. The number of aldehydes is 1. The molecule has 0 radical (unpaired) electrons. The Bertz CT molecular complexity index is 1490. The van der Waals surface area contributed by atoms with Crippen LogP contribution in [0.15, 0.2) is 24.3 Å². The minimum atomic E-state index is -1.43. The van der Waals surface area contributed by atoms with E-state index in [1.807, 2.05) is 45.3 Å². The van der Waals surface area contributed by atoms with Gasteiger partial charge in [0.15, 0.2) is 29.5 Å². The lowest BCUT2D eigenvalue weighted by Crippen LogP contribution is -2.56. The Kier molecular flexibility index (Phi) is 6.25. The van der Waals surface area contributed by atoms with Crippen molar-refractivity contribution in [2.45, 2.75) is 38.5 Å². The molecule has 2 saturated heterocycles. The third-order valence-electron chi connectivity index (χ3n) is 7.19. The number of ether oxygens (including phenoxy) is 2. The van der Waals surface area contributed by atoms with E-state index in [0.717, 1.165) is 42.1 Å². The molecule has 12 nitrogen and oxygen atoms in total. The first-order chi connectivity index (χ1) is 18.4. The SMILES string of the molecule is CCc1nc2ccccc2n1-c1nc(N2CCOCC2)c2nc(OC3CCN3CC(C)(O)C=O)n(C)c2n1. The number of morpholine rings is 1. The molecule has 6 rings (SSSR count). The van der Waals surface area contributed by atoms with Crippen LogP contribution >= 0.6 is 0 Å². The van der Waals surface area contributed by atoms with Crippen molar-refractivity contribution in [3.8, 4) is 12.0 Å². The van der Waals surface area contributed by atoms with Gasteiger partial charge in [0.05, 0.1) is 24.2 Å². The third-order valence-corrected chi connectivity index (χ3v) is 7.19. The van der Waals surface area contributed by atoms with E-state index in [1.165, 1.54) is 6.92 Å². The van der Waals surface area contributed by atoms with Crippen molar-refractivity contribution in [2.75, 3.05) is 44.3 Å². The second-order valence-corrected chi connectivity index (χ2v) is 10.1. The topological polar surface area (TPSA) is 124 Å². The first-order valence-electron chi connectivity index (χ1n) is 13.0. The van der Waals surface area contributed by atoms with E-state index < -0.39 is 5.60 Å². The van der Waals surface area contributed by atoms with E-state index in [2.05, 4.69) is 11.8 Å². The van der Waals surface area contributed by atoms with E-state index in [-0.39, 0.29) is 12.8 Å². The van der Waals surface area contributed by atoms with Crippen molar-refractivity contribution in [3.63, 3.8) is 0 Å². The van der Waals surface area contributed by atoms with Gasteiger partial charge in [-0.25, -0.2) is 4.98 Å². The first kappa shape index (κ1) is 24.7. The molecule has 2 unspecified atom stereocenters. The summed E-state index contributed by atoms with van der Waals surface area (Å²) < 4.78 is 15.7. The van der Waals surface area contributed by atoms with Gasteiger partial charge in [0.25, 0.3) is 6.01 Å². The Morgan fingerprint density at radius 1 is 1.16 bits per heavy atom. The van der Waals surface area contributed by atoms with Crippen LogP contribution in [0.5, 0.6) is 6.01 Å². The molecule has 0 saturated carbocycles. The number of likely N-dealkylation sites (tertiary alicyclic amines) is 1. The van der Waals surface area contributed by atoms with Crippen LogP contribution in [0, 0.1) is 0 Å². The maximum absolute atomic E-state index is 11.2. The maximum atomic E-state index is 11.2. The summed E-state index contributed by atoms with van der Waals surface area (Å²) in [6.45, 7) is 7.11. The summed E-state index contributed by atoms with van der Waals surface area (Å²) in [5, 5.41) is 10.2. The van der Waals surface area contributed by atoms with Gasteiger partial charge in [-0.05, 0) is 19.1 Å².